The standard InChI is InChI=1S/C16H16O3S/c17-13-9-7-12(8-10-13)14-5-3-11-20(18,19)16-6-2-1-4-15(14)16/h1-2,4,6-10,14,17H,3,5,11H2/t14-/m1/s1. The molecule has 3 nitrogen and oxygen atoms in total. The summed E-state index contributed by atoms with van der Waals surface area (Å²) in [7, 11) is -3.18. The summed E-state index contributed by atoms with van der Waals surface area (Å²) in [5.41, 5.74) is 1.92. The lowest BCUT2D eigenvalue weighted by Crippen LogP contribution is -2.06. The molecule has 1 N–H and O–H groups in total. The van der Waals surface area contributed by atoms with E-state index in [4.69, 9.17) is 0 Å². The predicted molar refractivity (Wildman–Crippen MR) is 77.7 cm³/mol. The van der Waals surface area contributed by atoms with Gasteiger partial charge in [0.05, 0.1) is 10.6 Å². The minimum absolute atomic E-state index is 0.0732. The molecule has 0 spiro atoms. The fourth-order valence-electron chi connectivity index (χ4n) is 2.85. The summed E-state index contributed by atoms with van der Waals surface area (Å²) >= 11 is 0. The monoisotopic (exact) mass is 288 g/mol. The molecule has 0 aromatic heterocycles. The van der Waals surface area contributed by atoms with Crippen molar-refractivity contribution in [2.24, 2.45) is 0 Å². The van der Waals surface area contributed by atoms with Crippen molar-refractivity contribution in [3.8, 4) is 5.75 Å². The second kappa shape index (κ2) is 4.94. The van der Waals surface area contributed by atoms with Crippen LogP contribution in [0.4, 0.5) is 0 Å². The maximum atomic E-state index is 12.3. The second-order valence-corrected chi connectivity index (χ2v) is 7.22. The molecule has 1 heterocycles. The van der Waals surface area contributed by atoms with E-state index in [2.05, 4.69) is 0 Å². The summed E-state index contributed by atoms with van der Waals surface area (Å²) in [6.45, 7) is 0. The van der Waals surface area contributed by atoms with Crippen LogP contribution in [0.5, 0.6) is 5.75 Å². The number of fused-ring (bicyclic) bond motifs is 1. The average Bonchev–Trinajstić information content (AvgIpc) is 2.57. The first kappa shape index (κ1) is 13.2. The third-order valence-electron chi connectivity index (χ3n) is 3.83. The SMILES string of the molecule is O=S1(=O)CCC[C@H](c2ccc(O)cc2)c2ccccc21. The van der Waals surface area contributed by atoms with Crippen molar-refractivity contribution in [3.63, 3.8) is 0 Å². The number of hydrogen-bond donors (Lipinski definition) is 1. The molecule has 1 aliphatic rings. The van der Waals surface area contributed by atoms with Gasteiger partial charge in [0.2, 0.25) is 0 Å². The van der Waals surface area contributed by atoms with E-state index in [9.17, 15) is 13.5 Å². The predicted octanol–water partition coefficient (Wildman–Crippen LogP) is 3.09. The van der Waals surface area contributed by atoms with Gasteiger partial charge in [0, 0.05) is 5.92 Å². The largest absolute Gasteiger partial charge is 0.508 e. The van der Waals surface area contributed by atoms with Crippen molar-refractivity contribution in [2.75, 3.05) is 5.75 Å². The van der Waals surface area contributed by atoms with Gasteiger partial charge in [-0.05, 0) is 42.2 Å². The summed E-state index contributed by atoms with van der Waals surface area (Å²) in [6.07, 6.45) is 1.46. The lowest BCUT2D eigenvalue weighted by molar-refractivity contribution is 0.475. The Hall–Kier alpha value is -1.81. The topological polar surface area (TPSA) is 54.4 Å². The second-order valence-electron chi connectivity index (χ2n) is 5.14. The van der Waals surface area contributed by atoms with E-state index in [0.29, 0.717) is 11.3 Å². The average molecular weight is 288 g/mol. The molecule has 20 heavy (non-hydrogen) atoms. The Labute approximate surface area is 118 Å². The van der Waals surface area contributed by atoms with Crippen LogP contribution in [0.1, 0.15) is 29.9 Å². The molecule has 3 rings (SSSR count). The normalized spacial score (nSPS) is 20.9. The molecule has 0 saturated heterocycles. The van der Waals surface area contributed by atoms with Crippen LogP contribution in [0.2, 0.25) is 0 Å². The molecule has 0 aliphatic carbocycles. The first-order chi connectivity index (χ1) is 9.58. The van der Waals surface area contributed by atoms with Crippen molar-refractivity contribution < 1.29 is 13.5 Å². The highest BCUT2D eigenvalue weighted by Gasteiger charge is 2.28. The Morgan fingerprint density at radius 3 is 2.45 bits per heavy atom. The maximum absolute atomic E-state index is 12.3. The summed E-state index contributed by atoms with van der Waals surface area (Å²) in [5, 5.41) is 9.39. The summed E-state index contributed by atoms with van der Waals surface area (Å²) in [5.74, 6) is 0.505. The molecular formula is C16H16O3S. The van der Waals surface area contributed by atoms with Crippen LogP contribution in [-0.4, -0.2) is 19.3 Å². The zero-order valence-electron chi connectivity index (χ0n) is 11.0. The number of sulfone groups is 1. The van der Waals surface area contributed by atoms with Crippen molar-refractivity contribution in [2.45, 2.75) is 23.7 Å². The zero-order chi connectivity index (χ0) is 14.2. The molecule has 0 fully saturated rings. The number of phenols is 1. The third kappa shape index (κ3) is 2.31. The van der Waals surface area contributed by atoms with Crippen LogP contribution in [-0.2, 0) is 9.84 Å². The van der Waals surface area contributed by atoms with Gasteiger partial charge in [0.15, 0.2) is 9.84 Å². The highest BCUT2D eigenvalue weighted by atomic mass is 32.2. The van der Waals surface area contributed by atoms with Crippen LogP contribution >= 0.6 is 0 Å². The van der Waals surface area contributed by atoms with E-state index in [-0.39, 0.29) is 17.4 Å². The van der Waals surface area contributed by atoms with Crippen molar-refractivity contribution in [1.29, 1.82) is 0 Å². The highest BCUT2D eigenvalue weighted by molar-refractivity contribution is 7.91. The molecule has 0 bridgehead atoms. The number of hydrogen-bond acceptors (Lipinski definition) is 3. The van der Waals surface area contributed by atoms with Gasteiger partial charge in [-0.25, -0.2) is 8.42 Å². The van der Waals surface area contributed by atoms with Crippen LogP contribution in [0.25, 0.3) is 0 Å². The minimum Gasteiger partial charge on any atom is -0.508 e. The zero-order valence-corrected chi connectivity index (χ0v) is 11.8. The van der Waals surface area contributed by atoms with Gasteiger partial charge in [-0.2, -0.15) is 0 Å². The first-order valence-corrected chi connectivity index (χ1v) is 8.34. The molecule has 4 heteroatoms. The van der Waals surface area contributed by atoms with Gasteiger partial charge in [-0.15, -0.1) is 0 Å². The Balaban J connectivity index is 2.15. The van der Waals surface area contributed by atoms with E-state index in [1.165, 1.54) is 0 Å². The van der Waals surface area contributed by atoms with Gasteiger partial charge in [0.25, 0.3) is 0 Å². The molecule has 2 aromatic rings. The maximum Gasteiger partial charge on any atom is 0.178 e. The fraction of sp³-hybridized carbons (Fsp3) is 0.250. The smallest absolute Gasteiger partial charge is 0.178 e. The lowest BCUT2D eigenvalue weighted by Gasteiger charge is -2.17. The first-order valence-electron chi connectivity index (χ1n) is 6.68. The Kier molecular flexibility index (Phi) is 3.26. The van der Waals surface area contributed by atoms with Crippen molar-refractivity contribution in [1.82, 2.24) is 0 Å². The van der Waals surface area contributed by atoms with E-state index >= 15 is 0 Å². The summed E-state index contributed by atoms with van der Waals surface area (Å²) in [6, 6.07) is 14.3. The number of aromatic hydroxyl groups is 1. The molecular weight excluding hydrogens is 272 g/mol. The van der Waals surface area contributed by atoms with Crippen LogP contribution < -0.4 is 0 Å². The Morgan fingerprint density at radius 1 is 1.00 bits per heavy atom. The third-order valence-corrected chi connectivity index (χ3v) is 5.70. The number of phenolic OH excluding ortho intramolecular Hbond substituents is 1. The van der Waals surface area contributed by atoms with Crippen LogP contribution in [0.15, 0.2) is 53.4 Å². The number of rotatable bonds is 1. The van der Waals surface area contributed by atoms with Gasteiger partial charge < -0.3 is 5.11 Å². The molecule has 0 amide bonds. The Bertz CT molecular complexity index is 718. The molecule has 0 radical (unpaired) electrons. The molecule has 1 aliphatic heterocycles. The Morgan fingerprint density at radius 2 is 1.70 bits per heavy atom. The van der Waals surface area contributed by atoms with Gasteiger partial charge in [0.1, 0.15) is 5.75 Å². The van der Waals surface area contributed by atoms with E-state index in [0.717, 1.165) is 17.5 Å². The molecule has 2 aromatic carbocycles. The van der Waals surface area contributed by atoms with Crippen molar-refractivity contribution >= 4 is 9.84 Å². The van der Waals surface area contributed by atoms with Crippen LogP contribution in [0.3, 0.4) is 0 Å². The highest BCUT2D eigenvalue weighted by Crippen LogP contribution is 2.37. The van der Waals surface area contributed by atoms with Crippen LogP contribution in [0, 0.1) is 0 Å². The molecule has 0 unspecified atom stereocenters. The molecule has 1 atom stereocenters. The van der Waals surface area contributed by atoms with Gasteiger partial charge in [-0.1, -0.05) is 30.3 Å². The quantitative estimate of drug-likeness (QED) is 0.877. The van der Waals surface area contributed by atoms with Gasteiger partial charge >= 0.3 is 0 Å². The molecule has 104 valence electrons. The van der Waals surface area contributed by atoms with Crippen molar-refractivity contribution in [3.05, 3.63) is 59.7 Å². The lowest BCUT2D eigenvalue weighted by atomic mass is 9.88. The fourth-order valence-corrected chi connectivity index (χ4v) is 4.47. The van der Waals surface area contributed by atoms with Gasteiger partial charge in [-0.3, -0.25) is 0 Å². The molecule has 0 saturated carbocycles. The summed E-state index contributed by atoms with van der Waals surface area (Å²) < 4.78 is 24.6. The number of benzene rings is 2. The van der Waals surface area contributed by atoms with E-state index in [1.807, 2.05) is 24.3 Å². The van der Waals surface area contributed by atoms with E-state index < -0.39 is 9.84 Å². The van der Waals surface area contributed by atoms with E-state index in [1.54, 1.807) is 24.3 Å². The summed E-state index contributed by atoms with van der Waals surface area (Å²) in [4.78, 5) is 0.454. The minimum atomic E-state index is -3.18.